The van der Waals surface area contributed by atoms with Gasteiger partial charge in [-0.2, -0.15) is 0 Å². The normalized spacial score (nSPS) is 25.5. The van der Waals surface area contributed by atoms with E-state index in [1.54, 1.807) is 6.08 Å². The van der Waals surface area contributed by atoms with E-state index in [1.807, 2.05) is 36.6 Å². The lowest BCUT2D eigenvalue weighted by Crippen LogP contribution is -2.39. The van der Waals surface area contributed by atoms with Crippen LogP contribution in [0.15, 0.2) is 48.2 Å². The van der Waals surface area contributed by atoms with Crippen LogP contribution in [-0.4, -0.2) is 29.2 Å². The lowest BCUT2D eigenvalue weighted by molar-refractivity contribution is -0.126. The number of allylic oxidation sites excluding steroid dienone is 1. The zero-order chi connectivity index (χ0) is 13.9. The van der Waals surface area contributed by atoms with Gasteiger partial charge in [-0.25, -0.2) is 0 Å². The van der Waals surface area contributed by atoms with Gasteiger partial charge in [-0.1, -0.05) is 30.3 Å². The third-order valence-corrected chi connectivity index (χ3v) is 4.49. The van der Waals surface area contributed by atoms with Crippen molar-refractivity contribution in [3.63, 3.8) is 0 Å². The second-order valence-corrected chi connectivity index (χ2v) is 5.35. The average Bonchev–Trinajstić information content (AvgIpc) is 2.48. The first-order valence-corrected chi connectivity index (χ1v) is 7.15. The summed E-state index contributed by atoms with van der Waals surface area (Å²) in [7, 11) is 1.52. The Morgan fingerprint density at radius 2 is 2.05 bits per heavy atom. The first-order chi connectivity index (χ1) is 9.16. The van der Waals surface area contributed by atoms with Crippen LogP contribution in [0.2, 0.25) is 0 Å². The number of ketones is 1. The number of aliphatic hydroxyl groups excluding tert-OH is 1. The van der Waals surface area contributed by atoms with E-state index in [1.165, 1.54) is 18.9 Å². The summed E-state index contributed by atoms with van der Waals surface area (Å²) in [4.78, 5) is 11.4. The molecule has 3 nitrogen and oxygen atoms in total. The van der Waals surface area contributed by atoms with Crippen molar-refractivity contribution in [2.75, 3.05) is 13.4 Å². The van der Waals surface area contributed by atoms with Crippen molar-refractivity contribution in [2.45, 2.75) is 11.4 Å². The molecule has 0 bridgehead atoms. The van der Waals surface area contributed by atoms with E-state index < -0.39 is 4.93 Å². The van der Waals surface area contributed by atoms with Crippen LogP contribution in [0, 0.1) is 0 Å². The van der Waals surface area contributed by atoms with E-state index in [2.05, 4.69) is 0 Å². The standard InChI is InChI=1S/C15H16O3S/c1-18-15(19-2)9-12(10-16)13(8-14(15)17)11-6-4-3-5-7-11/h3-8,10,16H,9H2,1-2H3. The molecule has 0 aromatic heterocycles. The SMILES string of the molecule is COC1(SC)CC(=CO)C(c2ccccc2)=CC1=O. The van der Waals surface area contributed by atoms with Gasteiger partial charge in [0.15, 0.2) is 10.7 Å². The minimum atomic E-state index is -0.924. The van der Waals surface area contributed by atoms with Crippen molar-refractivity contribution in [3.8, 4) is 0 Å². The Morgan fingerprint density at radius 3 is 2.58 bits per heavy atom. The monoisotopic (exact) mass is 276 g/mol. The maximum absolute atomic E-state index is 12.3. The highest BCUT2D eigenvalue weighted by molar-refractivity contribution is 8.00. The molecule has 0 heterocycles. The molecule has 1 aromatic rings. The third kappa shape index (κ3) is 2.46. The predicted molar refractivity (Wildman–Crippen MR) is 78.0 cm³/mol. The molecule has 1 unspecified atom stereocenters. The van der Waals surface area contributed by atoms with Crippen LogP contribution in [0.5, 0.6) is 0 Å². The lowest BCUT2D eigenvalue weighted by Gasteiger charge is -2.33. The van der Waals surface area contributed by atoms with Gasteiger partial charge in [-0.15, -0.1) is 11.8 Å². The summed E-state index contributed by atoms with van der Waals surface area (Å²) in [6.45, 7) is 0. The molecule has 1 atom stereocenters. The zero-order valence-corrected chi connectivity index (χ0v) is 11.7. The fourth-order valence-corrected chi connectivity index (χ4v) is 2.92. The highest BCUT2D eigenvalue weighted by atomic mass is 32.2. The Balaban J connectivity index is 2.49. The van der Waals surface area contributed by atoms with Gasteiger partial charge in [0.25, 0.3) is 0 Å². The minimum Gasteiger partial charge on any atom is -0.515 e. The highest BCUT2D eigenvalue weighted by Crippen LogP contribution is 2.41. The molecule has 100 valence electrons. The molecule has 0 saturated heterocycles. The number of ether oxygens (including phenoxy) is 1. The van der Waals surface area contributed by atoms with Crippen LogP contribution in [-0.2, 0) is 9.53 Å². The topological polar surface area (TPSA) is 46.5 Å². The number of thioether (sulfide) groups is 1. The summed E-state index contributed by atoms with van der Waals surface area (Å²) in [5.74, 6) is -0.0769. The Morgan fingerprint density at radius 1 is 1.37 bits per heavy atom. The van der Waals surface area contributed by atoms with Crippen LogP contribution in [0.1, 0.15) is 12.0 Å². The predicted octanol–water partition coefficient (Wildman–Crippen LogP) is 3.19. The fourth-order valence-electron chi connectivity index (χ4n) is 2.20. The van der Waals surface area contributed by atoms with E-state index in [0.29, 0.717) is 12.0 Å². The van der Waals surface area contributed by atoms with Crippen molar-refractivity contribution in [1.29, 1.82) is 0 Å². The van der Waals surface area contributed by atoms with Crippen LogP contribution in [0.3, 0.4) is 0 Å². The quantitative estimate of drug-likeness (QED) is 0.680. The van der Waals surface area contributed by atoms with Crippen molar-refractivity contribution in [2.24, 2.45) is 0 Å². The summed E-state index contributed by atoms with van der Waals surface area (Å²) in [6.07, 6.45) is 4.81. The molecular formula is C15H16O3S. The first-order valence-electron chi connectivity index (χ1n) is 5.92. The van der Waals surface area contributed by atoms with Crippen LogP contribution in [0.25, 0.3) is 5.57 Å². The Bertz CT molecular complexity index is 528. The second-order valence-electron chi connectivity index (χ2n) is 4.28. The van der Waals surface area contributed by atoms with Gasteiger partial charge in [0.05, 0.1) is 6.26 Å². The van der Waals surface area contributed by atoms with Gasteiger partial charge in [-0.3, -0.25) is 4.79 Å². The van der Waals surface area contributed by atoms with E-state index in [0.717, 1.165) is 17.4 Å². The van der Waals surface area contributed by atoms with Gasteiger partial charge in [-0.05, 0) is 29.0 Å². The average molecular weight is 276 g/mol. The Hall–Kier alpha value is -1.52. The zero-order valence-electron chi connectivity index (χ0n) is 10.9. The van der Waals surface area contributed by atoms with Crippen molar-refractivity contribution < 1.29 is 14.6 Å². The first kappa shape index (κ1) is 13.9. The second kappa shape index (κ2) is 5.63. The van der Waals surface area contributed by atoms with E-state index >= 15 is 0 Å². The summed E-state index contributed by atoms with van der Waals surface area (Å²) in [5, 5.41) is 9.45. The number of carbonyl (C=O) groups excluding carboxylic acids is 1. The fraction of sp³-hybridized carbons (Fsp3) is 0.267. The highest BCUT2D eigenvalue weighted by Gasteiger charge is 2.41. The van der Waals surface area contributed by atoms with Crippen LogP contribution >= 0.6 is 11.8 Å². The third-order valence-electron chi connectivity index (χ3n) is 3.32. The van der Waals surface area contributed by atoms with Gasteiger partial charge >= 0.3 is 0 Å². The molecule has 1 aromatic carbocycles. The molecule has 2 rings (SSSR count). The maximum atomic E-state index is 12.3. The number of carbonyl (C=O) groups is 1. The number of hydrogen-bond acceptors (Lipinski definition) is 4. The largest absolute Gasteiger partial charge is 0.515 e. The Kier molecular flexibility index (Phi) is 4.12. The van der Waals surface area contributed by atoms with E-state index in [9.17, 15) is 9.90 Å². The summed E-state index contributed by atoms with van der Waals surface area (Å²) < 4.78 is 5.37. The molecule has 0 saturated carbocycles. The molecule has 0 amide bonds. The molecule has 0 radical (unpaired) electrons. The molecule has 1 N–H and O–H groups in total. The molecular weight excluding hydrogens is 260 g/mol. The van der Waals surface area contributed by atoms with Crippen LogP contribution in [0.4, 0.5) is 0 Å². The van der Waals surface area contributed by atoms with Gasteiger partial charge in [0.2, 0.25) is 0 Å². The number of hydrogen-bond donors (Lipinski definition) is 1. The maximum Gasteiger partial charge on any atom is 0.198 e. The Labute approximate surface area is 117 Å². The van der Waals surface area contributed by atoms with Crippen molar-refractivity contribution in [3.05, 3.63) is 53.8 Å². The number of rotatable bonds is 3. The summed E-state index contributed by atoms with van der Waals surface area (Å²) >= 11 is 1.35. The molecule has 0 fully saturated rings. The van der Waals surface area contributed by atoms with Gasteiger partial charge in [0, 0.05) is 13.5 Å². The number of methoxy groups -OCH3 is 1. The van der Waals surface area contributed by atoms with E-state index in [4.69, 9.17) is 4.74 Å². The van der Waals surface area contributed by atoms with Gasteiger partial charge < -0.3 is 9.84 Å². The van der Waals surface area contributed by atoms with E-state index in [-0.39, 0.29) is 5.78 Å². The number of benzene rings is 1. The van der Waals surface area contributed by atoms with Crippen LogP contribution < -0.4 is 0 Å². The molecule has 1 aliphatic rings. The van der Waals surface area contributed by atoms with Gasteiger partial charge in [0.1, 0.15) is 0 Å². The molecule has 1 aliphatic carbocycles. The lowest BCUT2D eigenvalue weighted by atomic mass is 9.87. The summed E-state index contributed by atoms with van der Waals surface area (Å²) in [5.41, 5.74) is 2.39. The molecule has 19 heavy (non-hydrogen) atoms. The van der Waals surface area contributed by atoms with Crippen molar-refractivity contribution in [1.82, 2.24) is 0 Å². The molecule has 0 aliphatic heterocycles. The smallest absolute Gasteiger partial charge is 0.198 e. The molecule has 4 heteroatoms. The number of aliphatic hydroxyl groups is 1. The molecule has 0 spiro atoms. The minimum absolute atomic E-state index is 0.0769. The summed E-state index contributed by atoms with van der Waals surface area (Å²) in [6, 6.07) is 9.56. The van der Waals surface area contributed by atoms with Crippen molar-refractivity contribution >= 4 is 23.1 Å².